The van der Waals surface area contributed by atoms with Crippen LogP contribution in [0.5, 0.6) is 0 Å². The third-order valence-electron chi connectivity index (χ3n) is 3.05. The normalized spacial score (nSPS) is 11.5. The fourth-order valence-electron chi connectivity index (χ4n) is 1.84. The molecule has 17 heavy (non-hydrogen) atoms. The number of hydrogen-bond donors (Lipinski definition) is 1. The summed E-state index contributed by atoms with van der Waals surface area (Å²) in [5.74, 6) is -0.713. The van der Waals surface area contributed by atoms with Gasteiger partial charge in [0.25, 0.3) is 0 Å². The average molecular weight is 234 g/mol. The average Bonchev–Trinajstić information content (AvgIpc) is 2.18. The summed E-state index contributed by atoms with van der Waals surface area (Å²) in [6, 6.07) is 6.52. The minimum Gasteiger partial charge on any atom is -0.481 e. The van der Waals surface area contributed by atoms with Crippen molar-refractivity contribution >= 4 is 5.97 Å². The minimum absolute atomic E-state index is 0.148. The van der Waals surface area contributed by atoms with Crippen molar-refractivity contribution in [3.8, 4) is 0 Å². The van der Waals surface area contributed by atoms with Crippen LogP contribution in [0.4, 0.5) is 0 Å². The van der Waals surface area contributed by atoms with Crippen molar-refractivity contribution in [1.29, 1.82) is 0 Å². The van der Waals surface area contributed by atoms with Crippen molar-refractivity contribution in [2.24, 2.45) is 0 Å². The molecule has 0 spiro atoms. The van der Waals surface area contributed by atoms with Gasteiger partial charge in [-0.25, -0.2) is 0 Å². The molecule has 0 aliphatic rings. The summed E-state index contributed by atoms with van der Waals surface area (Å²) in [5.41, 5.74) is 3.99. The second-order valence-corrected chi connectivity index (χ2v) is 5.64. The summed E-state index contributed by atoms with van der Waals surface area (Å²) in [6.07, 6.45) is 1.81. The van der Waals surface area contributed by atoms with Gasteiger partial charge in [0.05, 0.1) is 0 Å². The summed E-state index contributed by atoms with van der Waals surface area (Å²) < 4.78 is 0. The molecule has 1 rings (SSSR count). The Labute approximate surface area is 104 Å². The fourth-order valence-corrected chi connectivity index (χ4v) is 1.84. The standard InChI is InChI=1S/C15H22O2/c1-11-8-9-13(15(2,3)4)10-12(11)6-5-7-14(16)17/h8-10H,5-7H2,1-4H3,(H,16,17). The molecule has 0 unspecified atom stereocenters. The zero-order chi connectivity index (χ0) is 13.1. The molecule has 1 N–H and O–H groups in total. The first kappa shape index (κ1) is 13.8. The van der Waals surface area contributed by atoms with Crippen LogP contribution in [0.25, 0.3) is 0 Å². The summed E-state index contributed by atoms with van der Waals surface area (Å²) in [5, 5.41) is 8.64. The van der Waals surface area contributed by atoms with Gasteiger partial charge in [-0.3, -0.25) is 4.79 Å². The van der Waals surface area contributed by atoms with Gasteiger partial charge >= 0.3 is 5.97 Å². The highest BCUT2D eigenvalue weighted by Crippen LogP contribution is 2.25. The van der Waals surface area contributed by atoms with E-state index in [1.165, 1.54) is 16.7 Å². The molecule has 0 aliphatic heterocycles. The highest BCUT2D eigenvalue weighted by molar-refractivity contribution is 5.66. The summed E-state index contributed by atoms with van der Waals surface area (Å²) in [7, 11) is 0. The van der Waals surface area contributed by atoms with Gasteiger partial charge in [0.2, 0.25) is 0 Å². The number of aliphatic carboxylic acids is 1. The molecule has 0 atom stereocenters. The van der Waals surface area contributed by atoms with Gasteiger partial charge in [-0.2, -0.15) is 0 Å². The Morgan fingerprint density at radius 2 is 1.94 bits per heavy atom. The van der Waals surface area contributed by atoms with E-state index >= 15 is 0 Å². The van der Waals surface area contributed by atoms with E-state index in [0.717, 1.165) is 6.42 Å². The fraction of sp³-hybridized carbons (Fsp3) is 0.533. The van der Waals surface area contributed by atoms with E-state index in [0.29, 0.717) is 6.42 Å². The van der Waals surface area contributed by atoms with Gasteiger partial charge in [0.15, 0.2) is 0 Å². The summed E-state index contributed by atoms with van der Waals surface area (Å²) in [4.78, 5) is 10.5. The number of carbonyl (C=O) groups is 1. The lowest BCUT2D eigenvalue weighted by atomic mass is 9.84. The third kappa shape index (κ3) is 4.22. The molecule has 0 radical (unpaired) electrons. The predicted octanol–water partition coefficient (Wildman–Crippen LogP) is 3.70. The van der Waals surface area contributed by atoms with Crippen molar-refractivity contribution in [2.45, 2.75) is 52.4 Å². The van der Waals surface area contributed by atoms with Crippen LogP contribution in [0.15, 0.2) is 18.2 Å². The molecular formula is C15H22O2. The Morgan fingerprint density at radius 3 is 2.47 bits per heavy atom. The molecular weight excluding hydrogens is 212 g/mol. The van der Waals surface area contributed by atoms with Gasteiger partial charge in [-0.15, -0.1) is 0 Å². The van der Waals surface area contributed by atoms with Crippen LogP contribution in [0.3, 0.4) is 0 Å². The number of hydrogen-bond acceptors (Lipinski definition) is 1. The van der Waals surface area contributed by atoms with Crippen LogP contribution < -0.4 is 0 Å². The maximum atomic E-state index is 10.5. The Bertz CT molecular complexity index is 400. The quantitative estimate of drug-likeness (QED) is 0.862. The Balaban J connectivity index is 2.80. The van der Waals surface area contributed by atoms with Crippen LogP contribution in [0.1, 0.15) is 50.3 Å². The zero-order valence-electron chi connectivity index (χ0n) is 11.2. The molecule has 1 aromatic carbocycles. The molecule has 0 amide bonds. The van der Waals surface area contributed by atoms with E-state index < -0.39 is 5.97 Å². The number of benzene rings is 1. The highest BCUT2D eigenvalue weighted by atomic mass is 16.4. The van der Waals surface area contributed by atoms with E-state index in [1.54, 1.807) is 0 Å². The second-order valence-electron chi connectivity index (χ2n) is 5.64. The lowest BCUT2D eigenvalue weighted by Gasteiger charge is -2.20. The van der Waals surface area contributed by atoms with Gasteiger partial charge in [-0.05, 0) is 41.9 Å². The SMILES string of the molecule is Cc1ccc(C(C)(C)C)cc1CCCC(=O)O. The first-order valence-corrected chi connectivity index (χ1v) is 6.12. The second kappa shape index (κ2) is 5.35. The minimum atomic E-state index is -0.713. The molecule has 0 bridgehead atoms. The molecule has 0 fully saturated rings. The van der Waals surface area contributed by atoms with Gasteiger partial charge in [0.1, 0.15) is 0 Å². The number of carboxylic acid groups (broad SMARTS) is 1. The number of rotatable bonds is 4. The Morgan fingerprint density at radius 1 is 1.29 bits per heavy atom. The van der Waals surface area contributed by atoms with E-state index in [-0.39, 0.29) is 11.8 Å². The molecule has 0 heterocycles. The molecule has 0 saturated heterocycles. The molecule has 2 heteroatoms. The van der Waals surface area contributed by atoms with Crippen molar-refractivity contribution in [3.63, 3.8) is 0 Å². The molecule has 0 aromatic heterocycles. The number of carboxylic acids is 1. The molecule has 0 aliphatic carbocycles. The van der Waals surface area contributed by atoms with Gasteiger partial charge < -0.3 is 5.11 Å². The molecule has 94 valence electrons. The van der Waals surface area contributed by atoms with E-state index in [9.17, 15) is 4.79 Å². The maximum absolute atomic E-state index is 10.5. The largest absolute Gasteiger partial charge is 0.481 e. The van der Waals surface area contributed by atoms with Crippen molar-refractivity contribution in [1.82, 2.24) is 0 Å². The Kier molecular flexibility index (Phi) is 4.33. The van der Waals surface area contributed by atoms with Crippen molar-refractivity contribution in [3.05, 3.63) is 34.9 Å². The molecule has 1 aromatic rings. The van der Waals surface area contributed by atoms with E-state index in [1.807, 2.05) is 0 Å². The van der Waals surface area contributed by atoms with Crippen molar-refractivity contribution < 1.29 is 9.90 Å². The lowest BCUT2D eigenvalue weighted by Crippen LogP contribution is -2.11. The monoisotopic (exact) mass is 234 g/mol. The smallest absolute Gasteiger partial charge is 0.303 e. The lowest BCUT2D eigenvalue weighted by molar-refractivity contribution is -0.137. The number of aryl methyl sites for hydroxylation is 2. The molecule has 2 nitrogen and oxygen atoms in total. The van der Waals surface area contributed by atoms with Crippen LogP contribution in [-0.2, 0) is 16.6 Å². The van der Waals surface area contributed by atoms with Gasteiger partial charge in [-0.1, -0.05) is 39.0 Å². The van der Waals surface area contributed by atoms with Gasteiger partial charge in [0, 0.05) is 6.42 Å². The zero-order valence-corrected chi connectivity index (χ0v) is 11.2. The van der Waals surface area contributed by atoms with E-state index in [4.69, 9.17) is 5.11 Å². The summed E-state index contributed by atoms with van der Waals surface area (Å²) in [6.45, 7) is 8.67. The van der Waals surface area contributed by atoms with Crippen LogP contribution >= 0.6 is 0 Å². The van der Waals surface area contributed by atoms with E-state index in [2.05, 4.69) is 45.9 Å². The first-order valence-electron chi connectivity index (χ1n) is 6.12. The van der Waals surface area contributed by atoms with Crippen LogP contribution in [0.2, 0.25) is 0 Å². The van der Waals surface area contributed by atoms with Crippen LogP contribution in [0, 0.1) is 6.92 Å². The Hall–Kier alpha value is -1.31. The highest BCUT2D eigenvalue weighted by Gasteiger charge is 2.14. The summed E-state index contributed by atoms with van der Waals surface area (Å²) >= 11 is 0. The maximum Gasteiger partial charge on any atom is 0.303 e. The topological polar surface area (TPSA) is 37.3 Å². The predicted molar refractivity (Wildman–Crippen MR) is 70.5 cm³/mol. The third-order valence-corrected chi connectivity index (χ3v) is 3.05. The first-order chi connectivity index (χ1) is 7.80. The van der Waals surface area contributed by atoms with Crippen LogP contribution in [-0.4, -0.2) is 11.1 Å². The van der Waals surface area contributed by atoms with Crippen molar-refractivity contribution in [2.75, 3.05) is 0 Å². The molecule has 0 saturated carbocycles.